The monoisotopic (exact) mass is 483 g/mol. The van der Waals surface area contributed by atoms with Crippen LogP contribution in [0.25, 0.3) is 11.4 Å². The van der Waals surface area contributed by atoms with Gasteiger partial charge in [0.1, 0.15) is 5.82 Å². The van der Waals surface area contributed by atoms with E-state index in [2.05, 4.69) is 19.9 Å². The summed E-state index contributed by atoms with van der Waals surface area (Å²) >= 11 is 5.94. The standard InChI is InChI=1S/C25H27ClFN5O2/c26-20-3-1-18(2-4-20)24-28-23(34-29-24)17-30-11-9-19(10-12-30)25(33)32-15-13-31(14-16-32)22-7-5-21(27)6-8-22/h1-8,19H,9-17H2. The zero-order valence-electron chi connectivity index (χ0n) is 18.9. The second kappa shape index (κ2) is 10.1. The van der Waals surface area contributed by atoms with Crippen LogP contribution < -0.4 is 4.90 Å². The number of hydrogen-bond acceptors (Lipinski definition) is 6. The number of likely N-dealkylation sites (tertiary alicyclic amines) is 1. The Balaban J connectivity index is 1.09. The molecule has 1 aromatic heterocycles. The molecule has 0 aliphatic carbocycles. The van der Waals surface area contributed by atoms with Crippen molar-refractivity contribution in [3.63, 3.8) is 0 Å². The summed E-state index contributed by atoms with van der Waals surface area (Å²) in [5, 5.41) is 4.75. The van der Waals surface area contributed by atoms with Gasteiger partial charge in [0.25, 0.3) is 0 Å². The molecule has 0 bridgehead atoms. The quantitative estimate of drug-likeness (QED) is 0.544. The minimum atomic E-state index is -0.231. The fraction of sp³-hybridized carbons (Fsp3) is 0.400. The van der Waals surface area contributed by atoms with E-state index in [1.165, 1.54) is 12.1 Å². The van der Waals surface area contributed by atoms with E-state index in [1.54, 1.807) is 24.3 Å². The number of hydrogen-bond donors (Lipinski definition) is 0. The molecule has 0 spiro atoms. The molecule has 2 aliphatic rings. The van der Waals surface area contributed by atoms with Crippen LogP contribution >= 0.6 is 11.6 Å². The highest BCUT2D eigenvalue weighted by atomic mass is 35.5. The largest absolute Gasteiger partial charge is 0.368 e. The molecule has 0 unspecified atom stereocenters. The summed E-state index contributed by atoms with van der Waals surface area (Å²) in [5.74, 6) is 1.20. The number of aromatic nitrogens is 2. The van der Waals surface area contributed by atoms with Gasteiger partial charge in [-0.05, 0) is 74.5 Å². The summed E-state index contributed by atoms with van der Waals surface area (Å²) in [6.07, 6.45) is 1.66. The maximum absolute atomic E-state index is 13.2. The Labute approximate surface area is 203 Å². The van der Waals surface area contributed by atoms with Gasteiger partial charge in [-0.25, -0.2) is 4.39 Å². The van der Waals surface area contributed by atoms with E-state index in [4.69, 9.17) is 16.1 Å². The Bertz CT molecular complexity index is 1110. The Morgan fingerprint density at radius 2 is 1.65 bits per heavy atom. The second-order valence-electron chi connectivity index (χ2n) is 8.86. The molecule has 0 radical (unpaired) electrons. The normalized spacial score (nSPS) is 17.8. The number of carbonyl (C=O) groups excluding carboxylic acids is 1. The van der Waals surface area contributed by atoms with Crippen molar-refractivity contribution in [1.82, 2.24) is 19.9 Å². The number of carbonyl (C=O) groups is 1. The molecule has 2 saturated heterocycles. The lowest BCUT2D eigenvalue weighted by Gasteiger charge is -2.39. The second-order valence-corrected chi connectivity index (χ2v) is 9.29. The lowest BCUT2D eigenvalue weighted by atomic mass is 9.95. The molecule has 5 rings (SSSR count). The highest BCUT2D eigenvalue weighted by Crippen LogP contribution is 2.24. The molecule has 0 atom stereocenters. The SMILES string of the molecule is O=C(C1CCN(Cc2nc(-c3ccc(Cl)cc3)no2)CC1)N1CCN(c2ccc(F)cc2)CC1. The molecule has 2 aromatic carbocycles. The molecule has 1 amide bonds. The fourth-order valence-electron chi connectivity index (χ4n) is 4.66. The molecular formula is C25H27ClFN5O2. The molecule has 0 N–H and O–H groups in total. The Kier molecular flexibility index (Phi) is 6.78. The third-order valence-electron chi connectivity index (χ3n) is 6.65. The van der Waals surface area contributed by atoms with Gasteiger partial charge in [0.2, 0.25) is 17.6 Å². The van der Waals surface area contributed by atoms with Crippen molar-refractivity contribution in [2.45, 2.75) is 19.4 Å². The molecule has 34 heavy (non-hydrogen) atoms. The summed E-state index contributed by atoms with van der Waals surface area (Å²) in [6, 6.07) is 13.9. The van der Waals surface area contributed by atoms with Crippen molar-refractivity contribution in [3.8, 4) is 11.4 Å². The fourth-order valence-corrected chi connectivity index (χ4v) is 4.79. The van der Waals surface area contributed by atoms with Gasteiger partial charge in [-0.1, -0.05) is 16.8 Å². The van der Waals surface area contributed by atoms with E-state index in [-0.39, 0.29) is 17.6 Å². The molecule has 0 saturated carbocycles. The molecule has 9 heteroatoms. The number of amides is 1. The first-order chi connectivity index (χ1) is 16.5. The van der Waals surface area contributed by atoms with Gasteiger partial charge < -0.3 is 14.3 Å². The molecule has 7 nitrogen and oxygen atoms in total. The van der Waals surface area contributed by atoms with Crippen LogP contribution in [0.3, 0.4) is 0 Å². The molecule has 2 aliphatic heterocycles. The van der Waals surface area contributed by atoms with Crippen molar-refractivity contribution in [2.75, 3.05) is 44.2 Å². The van der Waals surface area contributed by atoms with E-state index < -0.39 is 0 Å². The van der Waals surface area contributed by atoms with E-state index in [9.17, 15) is 9.18 Å². The van der Waals surface area contributed by atoms with Gasteiger partial charge in [0, 0.05) is 48.4 Å². The summed E-state index contributed by atoms with van der Waals surface area (Å²) in [6.45, 7) is 5.16. The van der Waals surface area contributed by atoms with Crippen LogP contribution in [0.5, 0.6) is 0 Å². The molecule has 2 fully saturated rings. The van der Waals surface area contributed by atoms with Crippen LogP contribution in [0, 0.1) is 11.7 Å². The van der Waals surface area contributed by atoms with Gasteiger partial charge in [-0.15, -0.1) is 0 Å². The smallest absolute Gasteiger partial charge is 0.241 e. The van der Waals surface area contributed by atoms with E-state index in [0.29, 0.717) is 36.4 Å². The van der Waals surface area contributed by atoms with Crippen molar-refractivity contribution in [3.05, 3.63) is 65.3 Å². The summed E-state index contributed by atoms with van der Waals surface area (Å²) < 4.78 is 18.6. The van der Waals surface area contributed by atoms with Crippen LogP contribution in [0.4, 0.5) is 10.1 Å². The van der Waals surface area contributed by atoms with Crippen LogP contribution in [0.15, 0.2) is 53.1 Å². The third kappa shape index (κ3) is 5.23. The minimum absolute atomic E-state index is 0.0564. The number of nitrogens with zero attached hydrogens (tertiary/aromatic N) is 5. The topological polar surface area (TPSA) is 65.7 Å². The Morgan fingerprint density at radius 3 is 2.32 bits per heavy atom. The number of piperidine rings is 1. The van der Waals surface area contributed by atoms with Crippen molar-refractivity contribution < 1.29 is 13.7 Å². The zero-order valence-corrected chi connectivity index (χ0v) is 19.6. The van der Waals surface area contributed by atoms with Gasteiger partial charge in [0.15, 0.2) is 0 Å². The van der Waals surface area contributed by atoms with Crippen LogP contribution in [-0.4, -0.2) is 65.1 Å². The van der Waals surface area contributed by atoms with Gasteiger partial charge >= 0.3 is 0 Å². The number of halogens is 2. The number of piperazine rings is 1. The zero-order chi connectivity index (χ0) is 23.5. The number of rotatable bonds is 5. The first-order valence-corrected chi connectivity index (χ1v) is 12.0. The van der Waals surface area contributed by atoms with E-state index in [1.807, 2.05) is 17.0 Å². The van der Waals surface area contributed by atoms with Gasteiger partial charge in [0.05, 0.1) is 6.54 Å². The average Bonchev–Trinajstić information content (AvgIpc) is 3.33. The highest BCUT2D eigenvalue weighted by Gasteiger charge is 2.31. The lowest BCUT2D eigenvalue weighted by Crippen LogP contribution is -2.51. The summed E-state index contributed by atoms with van der Waals surface area (Å²) in [4.78, 5) is 24.0. The Hall–Kier alpha value is -2.97. The minimum Gasteiger partial charge on any atom is -0.368 e. The average molecular weight is 484 g/mol. The van der Waals surface area contributed by atoms with Crippen LogP contribution in [0.2, 0.25) is 5.02 Å². The van der Waals surface area contributed by atoms with Crippen LogP contribution in [0.1, 0.15) is 18.7 Å². The molecule has 3 heterocycles. The first-order valence-electron chi connectivity index (χ1n) is 11.7. The van der Waals surface area contributed by atoms with Gasteiger partial charge in [-0.2, -0.15) is 4.98 Å². The highest BCUT2D eigenvalue weighted by molar-refractivity contribution is 6.30. The maximum atomic E-state index is 13.2. The van der Waals surface area contributed by atoms with Gasteiger partial charge in [-0.3, -0.25) is 9.69 Å². The van der Waals surface area contributed by atoms with Crippen LogP contribution in [-0.2, 0) is 11.3 Å². The van der Waals surface area contributed by atoms with Crippen molar-refractivity contribution in [1.29, 1.82) is 0 Å². The van der Waals surface area contributed by atoms with Crippen molar-refractivity contribution in [2.24, 2.45) is 5.92 Å². The molecule has 178 valence electrons. The number of benzene rings is 2. The molecule has 3 aromatic rings. The summed E-state index contributed by atoms with van der Waals surface area (Å²) in [5.41, 5.74) is 1.87. The maximum Gasteiger partial charge on any atom is 0.241 e. The number of anilines is 1. The Morgan fingerprint density at radius 1 is 0.971 bits per heavy atom. The van der Waals surface area contributed by atoms with E-state index in [0.717, 1.165) is 50.3 Å². The lowest BCUT2D eigenvalue weighted by molar-refractivity contribution is -0.137. The molecular weight excluding hydrogens is 457 g/mol. The summed E-state index contributed by atoms with van der Waals surface area (Å²) in [7, 11) is 0. The predicted octanol–water partition coefficient (Wildman–Crippen LogP) is 4.09. The van der Waals surface area contributed by atoms with E-state index >= 15 is 0 Å². The first kappa shape index (κ1) is 22.8. The third-order valence-corrected chi connectivity index (χ3v) is 6.90. The predicted molar refractivity (Wildman–Crippen MR) is 128 cm³/mol. The van der Waals surface area contributed by atoms with Crippen molar-refractivity contribution >= 4 is 23.2 Å².